The zero-order valence-electron chi connectivity index (χ0n) is 16.0. The molecule has 1 aromatic carbocycles. The number of hydrogen-bond donors (Lipinski definition) is 0. The van der Waals surface area contributed by atoms with Gasteiger partial charge >= 0.3 is 0 Å². The molecule has 0 bridgehead atoms. The molecule has 2 heterocycles. The molecule has 0 saturated heterocycles. The summed E-state index contributed by atoms with van der Waals surface area (Å²) >= 11 is 7.43. The summed E-state index contributed by atoms with van der Waals surface area (Å²) < 4.78 is 1.71. The molecule has 0 spiro atoms. The van der Waals surface area contributed by atoms with E-state index in [1.54, 1.807) is 9.42 Å². The fourth-order valence-electron chi connectivity index (χ4n) is 2.99. The van der Waals surface area contributed by atoms with Crippen LogP contribution in [0.15, 0.2) is 29.4 Å². The van der Waals surface area contributed by atoms with E-state index in [1.807, 2.05) is 58.3 Å². The molecule has 27 heavy (non-hydrogen) atoms. The number of benzene rings is 1. The molecule has 1 amide bonds. The van der Waals surface area contributed by atoms with Gasteiger partial charge in [0, 0.05) is 29.0 Å². The van der Waals surface area contributed by atoms with Crippen LogP contribution in [0.4, 0.5) is 0 Å². The number of aromatic nitrogens is 4. The minimum absolute atomic E-state index is 0.0232. The van der Waals surface area contributed by atoms with Gasteiger partial charge in [0.25, 0.3) is 5.78 Å². The molecule has 8 heteroatoms. The average molecular weight is 404 g/mol. The summed E-state index contributed by atoms with van der Waals surface area (Å²) in [7, 11) is 1.82. The van der Waals surface area contributed by atoms with Gasteiger partial charge in [0.2, 0.25) is 11.1 Å². The third-order valence-corrected chi connectivity index (χ3v) is 5.66. The van der Waals surface area contributed by atoms with Crippen LogP contribution < -0.4 is 0 Å². The quantitative estimate of drug-likeness (QED) is 0.605. The van der Waals surface area contributed by atoms with Crippen molar-refractivity contribution in [2.75, 3.05) is 13.3 Å². The molecule has 0 fully saturated rings. The summed E-state index contributed by atoms with van der Waals surface area (Å²) in [5, 5.41) is 5.80. The predicted molar refractivity (Wildman–Crippen MR) is 108 cm³/mol. The SMILES string of the molecule is CSc1nc2nc(C)c(CC(=O)N(C)C(C)c3ccc(Cl)cc3)c(C)n2n1. The van der Waals surface area contributed by atoms with E-state index < -0.39 is 0 Å². The summed E-state index contributed by atoms with van der Waals surface area (Å²) in [6.45, 7) is 5.86. The van der Waals surface area contributed by atoms with Gasteiger partial charge in [-0.2, -0.15) is 4.98 Å². The van der Waals surface area contributed by atoms with E-state index >= 15 is 0 Å². The maximum Gasteiger partial charge on any atom is 0.253 e. The zero-order chi connectivity index (χ0) is 19.7. The van der Waals surface area contributed by atoms with Crippen LogP contribution in [0.25, 0.3) is 5.78 Å². The number of fused-ring (bicyclic) bond motifs is 1. The van der Waals surface area contributed by atoms with Crippen molar-refractivity contribution >= 4 is 35.0 Å². The Morgan fingerprint density at radius 3 is 2.56 bits per heavy atom. The Bertz CT molecular complexity index is 986. The van der Waals surface area contributed by atoms with Crippen molar-refractivity contribution in [3.63, 3.8) is 0 Å². The third-order valence-electron chi connectivity index (χ3n) is 4.87. The molecule has 0 N–H and O–H groups in total. The Morgan fingerprint density at radius 2 is 1.93 bits per heavy atom. The number of carbonyl (C=O) groups excluding carboxylic acids is 1. The summed E-state index contributed by atoms with van der Waals surface area (Å²) in [5.74, 6) is 0.587. The zero-order valence-corrected chi connectivity index (χ0v) is 17.6. The molecule has 142 valence electrons. The second-order valence-corrected chi connectivity index (χ2v) is 7.69. The summed E-state index contributed by atoms with van der Waals surface area (Å²) in [6.07, 6.45) is 2.19. The first kappa shape index (κ1) is 19.6. The maximum absolute atomic E-state index is 12.9. The molecule has 6 nitrogen and oxygen atoms in total. The Morgan fingerprint density at radius 1 is 1.26 bits per heavy atom. The first-order valence-corrected chi connectivity index (χ1v) is 10.2. The van der Waals surface area contributed by atoms with E-state index in [2.05, 4.69) is 15.1 Å². The van der Waals surface area contributed by atoms with E-state index in [9.17, 15) is 4.79 Å². The fraction of sp³-hybridized carbons (Fsp3) is 0.368. The normalized spacial score (nSPS) is 12.4. The minimum Gasteiger partial charge on any atom is -0.339 e. The number of rotatable bonds is 5. The van der Waals surface area contributed by atoms with Gasteiger partial charge in [-0.05, 0) is 44.7 Å². The van der Waals surface area contributed by atoms with Crippen LogP contribution in [0.1, 0.15) is 35.5 Å². The van der Waals surface area contributed by atoms with Gasteiger partial charge in [0.1, 0.15) is 0 Å². The van der Waals surface area contributed by atoms with Crippen molar-refractivity contribution in [3.05, 3.63) is 51.8 Å². The number of carbonyl (C=O) groups is 1. The molecule has 0 radical (unpaired) electrons. The van der Waals surface area contributed by atoms with Gasteiger partial charge < -0.3 is 4.90 Å². The van der Waals surface area contributed by atoms with Crippen molar-refractivity contribution in [1.29, 1.82) is 0 Å². The van der Waals surface area contributed by atoms with Crippen LogP contribution in [-0.2, 0) is 11.2 Å². The van der Waals surface area contributed by atoms with E-state index in [4.69, 9.17) is 11.6 Å². The predicted octanol–water partition coefficient (Wildman–Crippen LogP) is 3.88. The van der Waals surface area contributed by atoms with Crippen molar-refractivity contribution < 1.29 is 4.79 Å². The second-order valence-electron chi connectivity index (χ2n) is 6.48. The molecule has 1 unspecified atom stereocenters. The highest BCUT2D eigenvalue weighted by Gasteiger charge is 2.21. The molecule has 2 aromatic heterocycles. The van der Waals surface area contributed by atoms with Crippen LogP contribution in [0.3, 0.4) is 0 Å². The molecular weight excluding hydrogens is 382 g/mol. The topological polar surface area (TPSA) is 63.4 Å². The summed E-state index contributed by atoms with van der Waals surface area (Å²) in [5.41, 5.74) is 3.63. The van der Waals surface area contributed by atoms with Gasteiger partial charge in [-0.1, -0.05) is 35.5 Å². The smallest absolute Gasteiger partial charge is 0.253 e. The second kappa shape index (κ2) is 7.86. The van der Waals surface area contributed by atoms with E-state index in [1.165, 1.54) is 11.8 Å². The van der Waals surface area contributed by atoms with E-state index in [0.717, 1.165) is 22.5 Å². The number of halogens is 1. The molecule has 0 saturated carbocycles. The van der Waals surface area contributed by atoms with Crippen LogP contribution >= 0.6 is 23.4 Å². The molecular formula is C19H22ClN5OS. The van der Waals surface area contributed by atoms with Crippen LogP contribution in [0.2, 0.25) is 5.02 Å². The summed E-state index contributed by atoms with van der Waals surface area (Å²) in [4.78, 5) is 23.6. The molecule has 3 rings (SSSR count). The Hall–Kier alpha value is -2.12. The van der Waals surface area contributed by atoms with Crippen molar-refractivity contribution in [1.82, 2.24) is 24.5 Å². The Kier molecular flexibility index (Phi) is 5.72. The lowest BCUT2D eigenvalue weighted by molar-refractivity contribution is -0.131. The van der Waals surface area contributed by atoms with Crippen LogP contribution in [0, 0.1) is 13.8 Å². The number of thioether (sulfide) groups is 1. The van der Waals surface area contributed by atoms with Gasteiger partial charge in [-0.3, -0.25) is 4.79 Å². The lowest BCUT2D eigenvalue weighted by Gasteiger charge is -2.26. The highest BCUT2D eigenvalue weighted by Crippen LogP contribution is 2.23. The van der Waals surface area contributed by atoms with Gasteiger partial charge in [-0.15, -0.1) is 5.10 Å². The standard InChI is InChI=1S/C19H22ClN5OS/c1-11-16(13(3)25-18(21-11)22-19(23-25)27-5)10-17(26)24(4)12(2)14-6-8-15(20)9-7-14/h6-9,12H,10H2,1-5H3. The van der Waals surface area contributed by atoms with E-state index in [0.29, 0.717) is 16.0 Å². The van der Waals surface area contributed by atoms with Crippen LogP contribution in [0.5, 0.6) is 0 Å². The fourth-order valence-corrected chi connectivity index (χ4v) is 3.45. The number of aryl methyl sites for hydroxylation is 2. The molecule has 3 aromatic rings. The first-order chi connectivity index (χ1) is 12.8. The molecule has 1 atom stereocenters. The van der Waals surface area contributed by atoms with Gasteiger partial charge in [-0.25, -0.2) is 9.50 Å². The highest BCUT2D eigenvalue weighted by atomic mass is 35.5. The largest absolute Gasteiger partial charge is 0.339 e. The van der Waals surface area contributed by atoms with E-state index in [-0.39, 0.29) is 18.4 Å². The lowest BCUT2D eigenvalue weighted by atomic mass is 10.0. The van der Waals surface area contributed by atoms with Crippen molar-refractivity contribution in [2.45, 2.75) is 38.4 Å². The maximum atomic E-state index is 12.9. The van der Waals surface area contributed by atoms with Gasteiger partial charge in [0.15, 0.2) is 0 Å². The molecule has 0 aliphatic heterocycles. The third kappa shape index (κ3) is 3.94. The Labute approximate surface area is 168 Å². The number of likely N-dealkylation sites (N-methyl/N-ethyl adjacent to an activating group) is 1. The number of hydrogen-bond acceptors (Lipinski definition) is 5. The van der Waals surface area contributed by atoms with Crippen molar-refractivity contribution in [2.24, 2.45) is 0 Å². The van der Waals surface area contributed by atoms with Gasteiger partial charge in [0.05, 0.1) is 12.5 Å². The molecule has 0 aliphatic rings. The monoisotopic (exact) mass is 403 g/mol. The summed E-state index contributed by atoms with van der Waals surface area (Å²) in [6, 6.07) is 7.51. The lowest BCUT2D eigenvalue weighted by Crippen LogP contribution is -2.31. The molecule has 0 aliphatic carbocycles. The number of nitrogens with zero attached hydrogens (tertiary/aromatic N) is 5. The average Bonchev–Trinajstić information content (AvgIpc) is 3.07. The first-order valence-electron chi connectivity index (χ1n) is 8.59. The minimum atomic E-state index is -0.0541. The number of amides is 1. The van der Waals surface area contributed by atoms with Crippen molar-refractivity contribution in [3.8, 4) is 0 Å². The van der Waals surface area contributed by atoms with Crippen LogP contribution in [-0.4, -0.2) is 43.7 Å². The Balaban J connectivity index is 1.85. The highest BCUT2D eigenvalue weighted by molar-refractivity contribution is 7.98.